The molecule has 2 aromatic rings. The first kappa shape index (κ1) is 19.7. The van der Waals surface area contributed by atoms with Crippen molar-refractivity contribution in [2.75, 3.05) is 18.5 Å². The van der Waals surface area contributed by atoms with Crippen LogP contribution in [0.1, 0.15) is 18.4 Å². The molecule has 1 atom stereocenters. The predicted molar refractivity (Wildman–Crippen MR) is 111 cm³/mol. The quantitative estimate of drug-likeness (QED) is 0.774. The lowest BCUT2D eigenvalue weighted by atomic mass is 9.96. The van der Waals surface area contributed by atoms with Gasteiger partial charge in [0.1, 0.15) is 18.2 Å². The number of benzene rings is 2. The van der Waals surface area contributed by atoms with Gasteiger partial charge in [-0.15, -0.1) is 0 Å². The molecule has 1 amide bonds. The summed E-state index contributed by atoms with van der Waals surface area (Å²) in [6.45, 7) is 0.881. The van der Waals surface area contributed by atoms with Crippen LogP contribution in [0.2, 0.25) is 5.02 Å². The van der Waals surface area contributed by atoms with E-state index in [1.54, 1.807) is 30.3 Å². The van der Waals surface area contributed by atoms with Crippen molar-refractivity contribution in [3.63, 3.8) is 0 Å². The Morgan fingerprint density at radius 1 is 1.21 bits per heavy atom. The Kier molecular flexibility index (Phi) is 5.47. The van der Waals surface area contributed by atoms with Gasteiger partial charge in [0, 0.05) is 23.7 Å². The van der Waals surface area contributed by atoms with E-state index in [1.807, 2.05) is 0 Å². The molecule has 152 valence electrons. The van der Waals surface area contributed by atoms with Crippen LogP contribution in [0.15, 0.2) is 52.4 Å². The van der Waals surface area contributed by atoms with Gasteiger partial charge in [-0.25, -0.2) is 8.42 Å². The fraction of sp³-hybridized carbons (Fsp3) is 0.300. The van der Waals surface area contributed by atoms with E-state index >= 15 is 0 Å². The summed E-state index contributed by atoms with van der Waals surface area (Å²) in [5.41, 5.74) is 1.28. The number of nitrogens with zero attached hydrogens (tertiary/aromatic N) is 1. The number of halogens is 1. The molecule has 0 saturated heterocycles. The molecule has 9 heteroatoms. The summed E-state index contributed by atoms with van der Waals surface area (Å²) in [5, 5.41) is 3.38. The minimum atomic E-state index is -3.74. The lowest BCUT2D eigenvalue weighted by molar-refractivity contribution is -0.121. The molecule has 7 nitrogen and oxygen atoms in total. The number of carbonyl (C=O) groups excluding carboxylic acids is 1. The third-order valence-electron chi connectivity index (χ3n) is 4.84. The summed E-state index contributed by atoms with van der Waals surface area (Å²) in [5.74, 6) is 0.564. The number of sulfonamides is 1. The average molecular weight is 434 g/mol. The fourth-order valence-electron chi connectivity index (χ4n) is 3.35. The minimum absolute atomic E-state index is 0.0712. The van der Waals surface area contributed by atoms with Crippen molar-refractivity contribution < 1.29 is 17.9 Å². The van der Waals surface area contributed by atoms with Crippen molar-refractivity contribution in [3.8, 4) is 5.75 Å². The van der Waals surface area contributed by atoms with Gasteiger partial charge in [0.25, 0.3) is 10.0 Å². The first-order valence-corrected chi connectivity index (χ1v) is 11.2. The van der Waals surface area contributed by atoms with Gasteiger partial charge in [0.05, 0.1) is 10.8 Å². The number of anilines is 1. The normalized spacial score (nSPS) is 18.4. The molecule has 29 heavy (non-hydrogen) atoms. The highest BCUT2D eigenvalue weighted by Crippen LogP contribution is 2.30. The van der Waals surface area contributed by atoms with Crippen LogP contribution in [0.4, 0.5) is 5.69 Å². The number of hydrogen-bond acceptors (Lipinski definition) is 5. The van der Waals surface area contributed by atoms with Crippen LogP contribution in [0.5, 0.6) is 5.75 Å². The van der Waals surface area contributed by atoms with E-state index in [2.05, 4.69) is 15.0 Å². The van der Waals surface area contributed by atoms with E-state index in [0.717, 1.165) is 17.7 Å². The smallest absolute Gasteiger partial charge is 0.262 e. The molecule has 0 fully saturated rings. The minimum Gasteiger partial charge on any atom is -0.492 e. The van der Waals surface area contributed by atoms with Crippen molar-refractivity contribution in [1.29, 1.82) is 0 Å². The van der Waals surface area contributed by atoms with Crippen LogP contribution in [0.3, 0.4) is 0 Å². The second-order valence-electron chi connectivity index (χ2n) is 7.02. The first-order valence-electron chi connectivity index (χ1n) is 9.29. The molecule has 0 spiro atoms. The summed E-state index contributed by atoms with van der Waals surface area (Å²) < 4.78 is 33.3. The summed E-state index contributed by atoms with van der Waals surface area (Å²) >= 11 is 6.03. The molecule has 0 bridgehead atoms. The molecule has 0 saturated carbocycles. The number of amidine groups is 1. The zero-order chi connectivity index (χ0) is 20.4. The Hall–Kier alpha value is -2.58. The van der Waals surface area contributed by atoms with Crippen LogP contribution in [-0.2, 0) is 21.2 Å². The number of ether oxygens (including phenoxy) is 1. The van der Waals surface area contributed by atoms with E-state index in [9.17, 15) is 13.2 Å². The Morgan fingerprint density at radius 2 is 2.07 bits per heavy atom. The zero-order valence-electron chi connectivity index (χ0n) is 15.5. The topological polar surface area (TPSA) is 96.9 Å². The summed E-state index contributed by atoms with van der Waals surface area (Å²) in [4.78, 5) is 16.9. The van der Waals surface area contributed by atoms with Gasteiger partial charge in [-0.1, -0.05) is 17.7 Å². The van der Waals surface area contributed by atoms with Crippen LogP contribution < -0.4 is 14.8 Å². The maximum Gasteiger partial charge on any atom is 0.262 e. The number of aliphatic imine (C=N–C) groups is 1. The van der Waals surface area contributed by atoms with Crippen molar-refractivity contribution in [3.05, 3.63) is 53.1 Å². The number of hydrogen-bond donors (Lipinski definition) is 2. The van der Waals surface area contributed by atoms with E-state index in [-0.39, 0.29) is 17.4 Å². The second kappa shape index (κ2) is 8.04. The van der Waals surface area contributed by atoms with Crippen molar-refractivity contribution in [2.24, 2.45) is 10.9 Å². The monoisotopic (exact) mass is 433 g/mol. The molecule has 2 heterocycles. The van der Waals surface area contributed by atoms with Crippen molar-refractivity contribution in [2.45, 2.75) is 24.2 Å². The van der Waals surface area contributed by atoms with Crippen LogP contribution >= 0.6 is 11.6 Å². The molecule has 2 aliphatic rings. The van der Waals surface area contributed by atoms with Gasteiger partial charge in [0.15, 0.2) is 0 Å². The SMILES string of the molecule is O=C(Nc1cccc(S(=O)(=O)NC2=NCCC2)c1)[C@H]1COc2ccc(Cl)cc2C1. The van der Waals surface area contributed by atoms with Crippen LogP contribution in [0.25, 0.3) is 0 Å². The molecule has 0 radical (unpaired) electrons. The molecule has 4 rings (SSSR count). The van der Waals surface area contributed by atoms with Crippen LogP contribution in [0, 0.1) is 5.92 Å². The lowest BCUT2D eigenvalue weighted by Crippen LogP contribution is -2.32. The molecule has 0 aliphatic carbocycles. The third kappa shape index (κ3) is 4.54. The highest BCUT2D eigenvalue weighted by molar-refractivity contribution is 7.90. The highest BCUT2D eigenvalue weighted by atomic mass is 35.5. The maximum atomic E-state index is 12.7. The van der Waals surface area contributed by atoms with E-state index in [0.29, 0.717) is 35.9 Å². The highest BCUT2D eigenvalue weighted by Gasteiger charge is 2.27. The second-order valence-corrected chi connectivity index (χ2v) is 9.14. The van der Waals surface area contributed by atoms with Crippen molar-refractivity contribution >= 4 is 39.1 Å². The molecule has 2 aromatic carbocycles. The average Bonchev–Trinajstić information content (AvgIpc) is 3.20. The van der Waals surface area contributed by atoms with E-state index < -0.39 is 15.9 Å². The van der Waals surface area contributed by atoms with Gasteiger partial charge in [0.2, 0.25) is 5.91 Å². The molecule has 0 unspecified atom stereocenters. The standard InChI is InChI=1S/C20H20ClN3O4S/c21-15-6-7-18-13(10-15)9-14(12-28-18)20(25)23-16-3-1-4-17(11-16)29(26,27)24-19-5-2-8-22-19/h1,3-4,6-7,10-11,14H,2,5,8-9,12H2,(H,22,24)(H,23,25)/t14-/m1/s1. The molecule has 2 aliphatic heterocycles. The zero-order valence-corrected chi connectivity index (χ0v) is 17.1. The predicted octanol–water partition coefficient (Wildman–Crippen LogP) is 3.00. The maximum absolute atomic E-state index is 12.7. The summed E-state index contributed by atoms with van der Waals surface area (Å²) in [7, 11) is -3.74. The largest absolute Gasteiger partial charge is 0.492 e. The van der Waals surface area contributed by atoms with Gasteiger partial charge in [-0.2, -0.15) is 0 Å². The third-order valence-corrected chi connectivity index (χ3v) is 6.45. The number of carbonyl (C=O) groups is 1. The number of amides is 1. The van der Waals surface area contributed by atoms with Crippen molar-refractivity contribution in [1.82, 2.24) is 4.72 Å². The Labute approximate surface area is 174 Å². The molecule has 0 aromatic heterocycles. The number of nitrogens with one attached hydrogen (secondary N) is 2. The number of rotatable bonds is 4. The molecular weight excluding hydrogens is 414 g/mol. The van der Waals surface area contributed by atoms with Gasteiger partial charge in [-0.05, 0) is 54.8 Å². The number of fused-ring (bicyclic) bond motifs is 1. The summed E-state index contributed by atoms with van der Waals surface area (Å²) in [6, 6.07) is 11.5. The van der Waals surface area contributed by atoms with E-state index in [4.69, 9.17) is 16.3 Å². The summed E-state index contributed by atoms with van der Waals surface area (Å²) in [6.07, 6.45) is 1.95. The van der Waals surface area contributed by atoms with Crippen LogP contribution in [-0.4, -0.2) is 33.3 Å². The lowest BCUT2D eigenvalue weighted by Gasteiger charge is -2.24. The van der Waals surface area contributed by atoms with E-state index in [1.165, 1.54) is 12.1 Å². The Morgan fingerprint density at radius 3 is 2.86 bits per heavy atom. The first-order chi connectivity index (χ1) is 13.9. The molecule has 2 N–H and O–H groups in total. The van der Waals surface area contributed by atoms with Gasteiger partial charge in [-0.3, -0.25) is 14.5 Å². The molecular formula is C20H20ClN3O4S. The Balaban J connectivity index is 1.46. The fourth-order valence-corrected chi connectivity index (χ4v) is 4.68. The Bertz CT molecular complexity index is 1080. The van der Waals surface area contributed by atoms with Gasteiger partial charge < -0.3 is 10.1 Å². The van der Waals surface area contributed by atoms with Gasteiger partial charge >= 0.3 is 0 Å².